The Kier molecular flexibility index (Phi) is 15.6. The van der Waals surface area contributed by atoms with Crippen molar-refractivity contribution in [3.05, 3.63) is 12.2 Å². The fourth-order valence-electron chi connectivity index (χ4n) is 2.84. The van der Waals surface area contributed by atoms with Gasteiger partial charge < -0.3 is 10.2 Å². The van der Waals surface area contributed by atoms with Crippen molar-refractivity contribution in [1.29, 1.82) is 0 Å². The minimum absolute atomic E-state index is 0.0157. The molecule has 0 aliphatic heterocycles. The van der Waals surface area contributed by atoms with Gasteiger partial charge in [0.15, 0.2) is 0 Å². The van der Waals surface area contributed by atoms with E-state index in [9.17, 15) is 9.59 Å². The van der Waals surface area contributed by atoms with Crippen molar-refractivity contribution in [3.8, 4) is 0 Å². The van der Waals surface area contributed by atoms with Crippen LogP contribution in [0.1, 0.15) is 96.8 Å². The van der Waals surface area contributed by atoms with Gasteiger partial charge in [-0.05, 0) is 25.2 Å². The Labute approximate surface area is 147 Å². The maximum Gasteiger partial charge on any atom is 0.303 e. The lowest BCUT2D eigenvalue weighted by atomic mass is 9.98. The van der Waals surface area contributed by atoms with E-state index >= 15 is 0 Å². The van der Waals surface area contributed by atoms with Crippen LogP contribution < -0.4 is 0 Å². The van der Waals surface area contributed by atoms with Crippen LogP contribution in [-0.4, -0.2) is 22.2 Å². The lowest BCUT2D eigenvalue weighted by Crippen LogP contribution is -2.08. The number of rotatable bonds is 17. The zero-order valence-electron chi connectivity index (χ0n) is 15.3. The molecule has 0 aromatic heterocycles. The molecule has 0 aromatic rings. The third-order valence-corrected chi connectivity index (χ3v) is 4.30. The number of carboxylic acids is 2. The van der Waals surface area contributed by atoms with Gasteiger partial charge in [0.1, 0.15) is 0 Å². The highest BCUT2D eigenvalue weighted by Gasteiger charge is 2.11. The first-order valence-corrected chi connectivity index (χ1v) is 9.66. The first kappa shape index (κ1) is 22.7. The van der Waals surface area contributed by atoms with Crippen LogP contribution in [0, 0.1) is 5.92 Å². The summed E-state index contributed by atoms with van der Waals surface area (Å²) in [5.74, 6) is -1.90. The number of aliphatic carboxylic acids is 2. The van der Waals surface area contributed by atoms with E-state index in [0.29, 0.717) is 6.42 Å². The molecule has 24 heavy (non-hydrogen) atoms. The zero-order chi connectivity index (χ0) is 18.0. The Morgan fingerprint density at radius 2 is 1.38 bits per heavy atom. The fraction of sp³-hybridized carbons (Fsp3) is 0.800. The number of carbonyl (C=O) groups is 2. The summed E-state index contributed by atoms with van der Waals surface area (Å²) in [6, 6.07) is 0. The topological polar surface area (TPSA) is 74.6 Å². The van der Waals surface area contributed by atoms with Gasteiger partial charge >= 0.3 is 11.9 Å². The lowest BCUT2D eigenvalue weighted by Gasteiger charge is -2.08. The number of carboxylic acid groups (broad SMARTS) is 2. The summed E-state index contributed by atoms with van der Waals surface area (Å²) in [4.78, 5) is 21.4. The summed E-state index contributed by atoms with van der Waals surface area (Å²) in [7, 11) is 0. The quantitative estimate of drug-likeness (QED) is 0.259. The second-order valence-corrected chi connectivity index (χ2v) is 6.69. The van der Waals surface area contributed by atoms with Crippen LogP contribution in [-0.2, 0) is 9.59 Å². The van der Waals surface area contributed by atoms with Gasteiger partial charge in [0.25, 0.3) is 0 Å². The second-order valence-electron chi connectivity index (χ2n) is 6.69. The summed E-state index contributed by atoms with van der Waals surface area (Å²) in [6.07, 6.45) is 18.4. The van der Waals surface area contributed by atoms with Gasteiger partial charge in [-0.25, -0.2) is 0 Å². The molecule has 2 N–H and O–H groups in total. The molecule has 0 bridgehead atoms. The normalized spacial score (nSPS) is 12.5. The van der Waals surface area contributed by atoms with Crippen LogP contribution in [0.5, 0.6) is 0 Å². The van der Waals surface area contributed by atoms with Gasteiger partial charge in [0.2, 0.25) is 0 Å². The van der Waals surface area contributed by atoms with Gasteiger partial charge in [-0.15, -0.1) is 0 Å². The zero-order valence-corrected chi connectivity index (χ0v) is 15.3. The van der Waals surface area contributed by atoms with Gasteiger partial charge in [-0.2, -0.15) is 0 Å². The van der Waals surface area contributed by atoms with E-state index in [1.54, 1.807) is 0 Å². The summed E-state index contributed by atoms with van der Waals surface area (Å²) in [5.41, 5.74) is 0. The highest BCUT2D eigenvalue weighted by Crippen LogP contribution is 2.15. The SMILES string of the molecule is CCCCCCCCCCCCC=CC(CCC(=O)O)CC(=O)O. The molecule has 0 aliphatic carbocycles. The largest absolute Gasteiger partial charge is 0.481 e. The van der Waals surface area contributed by atoms with Crippen molar-refractivity contribution in [2.75, 3.05) is 0 Å². The van der Waals surface area contributed by atoms with Crippen molar-refractivity contribution in [3.63, 3.8) is 0 Å². The Bertz CT molecular complexity index is 350. The summed E-state index contributed by atoms with van der Waals surface area (Å²) in [5, 5.41) is 17.6. The Morgan fingerprint density at radius 3 is 1.88 bits per heavy atom. The highest BCUT2D eigenvalue weighted by molar-refractivity contribution is 5.68. The van der Waals surface area contributed by atoms with E-state index in [1.807, 2.05) is 12.2 Å². The summed E-state index contributed by atoms with van der Waals surface area (Å²) in [6.45, 7) is 2.24. The molecule has 0 amide bonds. The van der Waals surface area contributed by atoms with Crippen molar-refractivity contribution in [2.45, 2.75) is 96.8 Å². The maximum absolute atomic E-state index is 10.8. The molecule has 1 unspecified atom stereocenters. The molecule has 1 atom stereocenters. The third kappa shape index (κ3) is 17.0. The molecule has 0 aliphatic rings. The van der Waals surface area contributed by atoms with Crippen molar-refractivity contribution in [1.82, 2.24) is 0 Å². The summed E-state index contributed by atoms with van der Waals surface area (Å²) < 4.78 is 0. The molecule has 0 saturated heterocycles. The highest BCUT2D eigenvalue weighted by atomic mass is 16.4. The summed E-state index contributed by atoms with van der Waals surface area (Å²) >= 11 is 0. The standard InChI is InChI=1S/C20H36O4/c1-2-3-4-5-6-7-8-9-10-11-12-13-14-18(17-20(23)24)15-16-19(21)22/h13-14,18H,2-12,15-17H2,1H3,(H,21,22)(H,23,24). The molecule has 0 saturated carbocycles. The molecule has 4 nitrogen and oxygen atoms in total. The first-order chi connectivity index (χ1) is 11.6. The molecule has 0 heterocycles. The van der Waals surface area contributed by atoms with E-state index in [2.05, 4.69) is 6.92 Å². The Balaban J connectivity index is 3.61. The Hall–Kier alpha value is -1.32. The van der Waals surface area contributed by atoms with Crippen LogP contribution in [0.3, 0.4) is 0 Å². The second kappa shape index (κ2) is 16.5. The number of unbranched alkanes of at least 4 members (excludes halogenated alkanes) is 10. The van der Waals surface area contributed by atoms with Crippen LogP contribution >= 0.6 is 0 Å². The van der Waals surface area contributed by atoms with E-state index in [-0.39, 0.29) is 18.8 Å². The molecule has 140 valence electrons. The van der Waals surface area contributed by atoms with Crippen LogP contribution in [0.4, 0.5) is 0 Å². The third-order valence-electron chi connectivity index (χ3n) is 4.30. The maximum atomic E-state index is 10.8. The van der Waals surface area contributed by atoms with E-state index in [1.165, 1.54) is 57.8 Å². The Morgan fingerprint density at radius 1 is 0.833 bits per heavy atom. The average molecular weight is 341 g/mol. The van der Waals surface area contributed by atoms with E-state index < -0.39 is 11.9 Å². The van der Waals surface area contributed by atoms with Gasteiger partial charge in [0, 0.05) is 6.42 Å². The molecule has 0 radical (unpaired) electrons. The monoisotopic (exact) mass is 340 g/mol. The number of hydrogen-bond acceptors (Lipinski definition) is 2. The van der Waals surface area contributed by atoms with Crippen molar-refractivity contribution >= 4 is 11.9 Å². The predicted molar refractivity (Wildman–Crippen MR) is 98.2 cm³/mol. The average Bonchev–Trinajstić information content (AvgIpc) is 2.52. The molecule has 0 aromatic carbocycles. The van der Waals surface area contributed by atoms with Gasteiger partial charge in [0.05, 0.1) is 6.42 Å². The number of hydrogen-bond donors (Lipinski definition) is 2. The smallest absolute Gasteiger partial charge is 0.303 e. The molecule has 0 fully saturated rings. The minimum Gasteiger partial charge on any atom is -0.481 e. The predicted octanol–water partition coefficient (Wildman–Crippen LogP) is 5.81. The van der Waals surface area contributed by atoms with Crippen LogP contribution in [0.2, 0.25) is 0 Å². The molecule has 4 heteroatoms. The fourth-order valence-corrected chi connectivity index (χ4v) is 2.84. The molecule has 0 rings (SSSR count). The minimum atomic E-state index is -0.867. The molecular weight excluding hydrogens is 304 g/mol. The number of allylic oxidation sites excluding steroid dienone is 2. The van der Waals surface area contributed by atoms with E-state index in [0.717, 1.165) is 12.8 Å². The van der Waals surface area contributed by atoms with E-state index in [4.69, 9.17) is 10.2 Å². The van der Waals surface area contributed by atoms with Crippen LogP contribution in [0.15, 0.2) is 12.2 Å². The van der Waals surface area contributed by atoms with Gasteiger partial charge in [-0.3, -0.25) is 9.59 Å². The van der Waals surface area contributed by atoms with Crippen molar-refractivity contribution in [2.24, 2.45) is 5.92 Å². The van der Waals surface area contributed by atoms with Crippen LogP contribution in [0.25, 0.3) is 0 Å². The molecule has 0 spiro atoms. The lowest BCUT2D eigenvalue weighted by molar-refractivity contribution is -0.140. The molecular formula is C20H36O4. The van der Waals surface area contributed by atoms with Crippen molar-refractivity contribution < 1.29 is 19.8 Å². The first-order valence-electron chi connectivity index (χ1n) is 9.66. The van der Waals surface area contributed by atoms with Gasteiger partial charge in [-0.1, -0.05) is 76.9 Å².